The molecule has 8 heteroatoms. The monoisotopic (exact) mass is 431 g/mol. The van der Waals surface area contributed by atoms with Crippen LogP contribution in [0.5, 0.6) is 0 Å². The van der Waals surface area contributed by atoms with Crippen molar-refractivity contribution >= 4 is 49.9 Å². The number of hydrogen-bond acceptors (Lipinski definition) is 4. The normalized spacial score (nSPS) is 11.8. The Morgan fingerprint density at radius 2 is 1.68 bits per heavy atom. The molecule has 0 aliphatic rings. The Bertz CT molecular complexity index is 1310. The standard InChI is InChI=1S/C20H15Cl2N3O2S/c1-12-2-5-15(6-3-12)28(26,27)25-11-18(22)16-8-14(10-24-20(16)25)13-4-7-17(21)19(23)9-13/h2-11H,23H2,1H3. The van der Waals surface area contributed by atoms with E-state index >= 15 is 0 Å². The van der Waals surface area contributed by atoms with Crippen LogP contribution in [-0.2, 0) is 10.0 Å². The average Bonchev–Trinajstić information content (AvgIpc) is 3.01. The van der Waals surface area contributed by atoms with E-state index < -0.39 is 10.0 Å². The van der Waals surface area contributed by atoms with Gasteiger partial charge in [0, 0.05) is 23.3 Å². The van der Waals surface area contributed by atoms with Gasteiger partial charge in [0.2, 0.25) is 0 Å². The molecule has 0 saturated heterocycles. The van der Waals surface area contributed by atoms with Crippen molar-refractivity contribution in [1.29, 1.82) is 0 Å². The summed E-state index contributed by atoms with van der Waals surface area (Å²) in [6, 6.07) is 13.7. The first-order valence-electron chi connectivity index (χ1n) is 8.31. The van der Waals surface area contributed by atoms with E-state index in [0.717, 1.165) is 20.7 Å². The van der Waals surface area contributed by atoms with Crippen molar-refractivity contribution in [2.24, 2.45) is 0 Å². The van der Waals surface area contributed by atoms with E-state index in [0.29, 0.717) is 21.1 Å². The van der Waals surface area contributed by atoms with Gasteiger partial charge in [0.05, 0.1) is 20.6 Å². The van der Waals surface area contributed by atoms with Crippen LogP contribution in [0.15, 0.2) is 65.8 Å². The summed E-state index contributed by atoms with van der Waals surface area (Å²) in [5.41, 5.74) is 9.12. The highest BCUT2D eigenvalue weighted by molar-refractivity contribution is 7.90. The SMILES string of the molecule is Cc1ccc(S(=O)(=O)n2cc(Cl)c3cc(-c4ccc(Cl)c(N)c4)cnc32)cc1. The molecule has 0 bridgehead atoms. The lowest BCUT2D eigenvalue weighted by molar-refractivity contribution is 0.588. The molecule has 4 aromatic rings. The molecule has 0 spiro atoms. The fourth-order valence-corrected chi connectivity index (χ4v) is 4.67. The molecule has 0 saturated carbocycles. The van der Waals surface area contributed by atoms with Crippen molar-refractivity contribution in [3.05, 3.63) is 76.5 Å². The Hall–Kier alpha value is -2.54. The van der Waals surface area contributed by atoms with Crippen LogP contribution in [0.25, 0.3) is 22.2 Å². The first kappa shape index (κ1) is 18.8. The van der Waals surface area contributed by atoms with Crippen LogP contribution in [0.2, 0.25) is 10.0 Å². The van der Waals surface area contributed by atoms with E-state index in [4.69, 9.17) is 28.9 Å². The second kappa shape index (κ2) is 6.81. The third-order valence-electron chi connectivity index (χ3n) is 4.47. The number of nitrogens with two attached hydrogens (primary N) is 1. The van der Waals surface area contributed by atoms with Gasteiger partial charge in [-0.3, -0.25) is 0 Å². The highest BCUT2D eigenvalue weighted by Gasteiger charge is 2.22. The summed E-state index contributed by atoms with van der Waals surface area (Å²) in [6.07, 6.45) is 2.96. The summed E-state index contributed by atoms with van der Waals surface area (Å²) in [4.78, 5) is 4.53. The summed E-state index contributed by atoms with van der Waals surface area (Å²) in [5, 5.41) is 1.29. The molecule has 0 fully saturated rings. The molecule has 0 amide bonds. The molecule has 0 aliphatic heterocycles. The van der Waals surface area contributed by atoms with E-state index in [1.165, 1.54) is 6.20 Å². The number of fused-ring (bicyclic) bond motifs is 1. The minimum absolute atomic E-state index is 0.169. The predicted octanol–water partition coefficient (Wildman–Crippen LogP) is 5.14. The molecule has 2 N–H and O–H groups in total. The van der Waals surface area contributed by atoms with Crippen LogP contribution in [0.1, 0.15) is 5.56 Å². The quantitative estimate of drug-likeness (QED) is 0.455. The van der Waals surface area contributed by atoms with Crippen molar-refractivity contribution in [2.45, 2.75) is 11.8 Å². The third-order valence-corrected chi connectivity index (χ3v) is 6.78. The molecule has 142 valence electrons. The highest BCUT2D eigenvalue weighted by Crippen LogP contribution is 2.33. The maximum absolute atomic E-state index is 13.0. The zero-order valence-corrected chi connectivity index (χ0v) is 17.1. The lowest BCUT2D eigenvalue weighted by atomic mass is 10.1. The van der Waals surface area contributed by atoms with Crippen LogP contribution in [0, 0.1) is 6.92 Å². The van der Waals surface area contributed by atoms with E-state index in [2.05, 4.69) is 4.98 Å². The van der Waals surface area contributed by atoms with Gasteiger partial charge < -0.3 is 5.73 Å². The fraction of sp³-hybridized carbons (Fsp3) is 0.0500. The first-order chi connectivity index (χ1) is 13.3. The number of hydrogen-bond donors (Lipinski definition) is 1. The Labute approximate surface area is 172 Å². The second-order valence-electron chi connectivity index (χ2n) is 6.42. The molecule has 2 heterocycles. The second-order valence-corrected chi connectivity index (χ2v) is 9.05. The van der Waals surface area contributed by atoms with Crippen molar-refractivity contribution in [3.8, 4) is 11.1 Å². The van der Waals surface area contributed by atoms with E-state index in [1.807, 2.05) is 13.0 Å². The number of nitrogens with zero attached hydrogens (tertiary/aromatic N) is 2. The summed E-state index contributed by atoms with van der Waals surface area (Å²) in [7, 11) is -3.82. The number of halogens is 2. The van der Waals surface area contributed by atoms with E-state index in [1.54, 1.807) is 48.7 Å². The minimum Gasteiger partial charge on any atom is -0.398 e. The molecule has 2 aromatic heterocycles. The topological polar surface area (TPSA) is 78.0 Å². The zero-order chi connectivity index (χ0) is 20.1. The molecule has 5 nitrogen and oxygen atoms in total. The Morgan fingerprint density at radius 1 is 0.964 bits per heavy atom. The van der Waals surface area contributed by atoms with Gasteiger partial charge in [-0.25, -0.2) is 17.4 Å². The summed E-state index contributed by atoms with van der Waals surface area (Å²) in [6.45, 7) is 1.89. The van der Waals surface area contributed by atoms with Crippen LogP contribution in [0.3, 0.4) is 0 Å². The molecule has 4 rings (SSSR count). The number of aryl methyl sites for hydroxylation is 1. The van der Waals surface area contributed by atoms with Crippen LogP contribution >= 0.6 is 23.2 Å². The minimum atomic E-state index is -3.82. The summed E-state index contributed by atoms with van der Waals surface area (Å²) in [5.74, 6) is 0. The molecular weight excluding hydrogens is 417 g/mol. The van der Waals surface area contributed by atoms with Gasteiger partial charge in [0.1, 0.15) is 0 Å². The molecule has 0 atom stereocenters. The molecule has 2 aromatic carbocycles. The van der Waals surface area contributed by atoms with E-state index in [-0.39, 0.29) is 10.5 Å². The lowest BCUT2D eigenvalue weighted by Gasteiger charge is -2.08. The molecule has 28 heavy (non-hydrogen) atoms. The summed E-state index contributed by atoms with van der Waals surface area (Å²) < 4.78 is 27.2. The molecular formula is C20H15Cl2N3O2S. The maximum atomic E-state index is 13.0. The summed E-state index contributed by atoms with van der Waals surface area (Å²) >= 11 is 12.3. The first-order valence-corrected chi connectivity index (χ1v) is 10.5. The number of pyridine rings is 1. The lowest BCUT2D eigenvalue weighted by Crippen LogP contribution is -2.12. The Morgan fingerprint density at radius 3 is 2.36 bits per heavy atom. The third kappa shape index (κ3) is 3.13. The van der Waals surface area contributed by atoms with Crippen molar-refractivity contribution in [2.75, 3.05) is 5.73 Å². The largest absolute Gasteiger partial charge is 0.398 e. The Balaban J connectivity index is 1.86. The van der Waals surface area contributed by atoms with Crippen molar-refractivity contribution in [1.82, 2.24) is 8.96 Å². The van der Waals surface area contributed by atoms with Gasteiger partial charge in [-0.15, -0.1) is 0 Å². The van der Waals surface area contributed by atoms with Gasteiger partial charge in [-0.05, 0) is 42.8 Å². The van der Waals surface area contributed by atoms with Crippen LogP contribution < -0.4 is 5.73 Å². The number of aromatic nitrogens is 2. The Kier molecular flexibility index (Phi) is 4.57. The maximum Gasteiger partial charge on any atom is 0.269 e. The van der Waals surface area contributed by atoms with Crippen LogP contribution in [-0.4, -0.2) is 17.4 Å². The number of nitrogen functional groups attached to an aromatic ring is 1. The molecule has 0 radical (unpaired) electrons. The number of benzene rings is 2. The van der Waals surface area contributed by atoms with Gasteiger partial charge in [0.25, 0.3) is 10.0 Å². The van der Waals surface area contributed by atoms with Gasteiger partial charge >= 0.3 is 0 Å². The van der Waals surface area contributed by atoms with Crippen molar-refractivity contribution < 1.29 is 8.42 Å². The van der Waals surface area contributed by atoms with Gasteiger partial charge in [-0.2, -0.15) is 0 Å². The highest BCUT2D eigenvalue weighted by atomic mass is 35.5. The number of rotatable bonds is 3. The molecule has 0 aliphatic carbocycles. The zero-order valence-electron chi connectivity index (χ0n) is 14.7. The average molecular weight is 432 g/mol. The van der Waals surface area contributed by atoms with Crippen molar-refractivity contribution in [3.63, 3.8) is 0 Å². The number of anilines is 1. The predicted molar refractivity (Wildman–Crippen MR) is 113 cm³/mol. The van der Waals surface area contributed by atoms with Crippen LogP contribution in [0.4, 0.5) is 5.69 Å². The van der Waals surface area contributed by atoms with E-state index in [9.17, 15) is 8.42 Å². The van der Waals surface area contributed by atoms with Gasteiger partial charge in [-0.1, -0.05) is 47.0 Å². The van der Waals surface area contributed by atoms with Gasteiger partial charge in [0.15, 0.2) is 5.65 Å². The smallest absolute Gasteiger partial charge is 0.269 e. The molecule has 0 unspecified atom stereocenters. The fourth-order valence-electron chi connectivity index (χ4n) is 2.93.